The van der Waals surface area contributed by atoms with E-state index < -0.39 is 0 Å². The Balaban J connectivity index is 1.89. The molecule has 2 aromatic rings. The van der Waals surface area contributed by atoms with Gasteiger partial charge < -0.3 is 5.32 Å². The molecule has 0 spiro atoms. The van der Waals surface area contributed by atoms with Crippen molar-refractivity contribution in [2.24, 2.45) is 4.99 Å². The van der Waals surface area contributed by atoms with Crippen LogP contribution in [0.25, 0.3) is 0 Å². The highest BCUT2D eigenvalue weighted by Gasteiger charge is 2.18. The van der Waals surface area contributed by atoms with Gasteiger partial charge in [0.15, 0.2) is 5.17 Å². The van der Waals surface area contributed by atoms with Gasteiger partial charge in [-0.1, -0.05) is 59.8 Å². The molecule has 1 heterocycles. The molecule has 4 heteroatoms. The largest absolute Gasteiger partial charge is 0.364 e. The highest BCUT2D eigenvalue weighted by Crippen LogP contribution is 2.28. The summed E-state index contributed by atoms with van der Waals surface area (Å²) in [6.45, 7) is 3.91. The van der Waals surface area contributed by atoms with Crippen LogP contribution >= 0.6 is 23.4 Å². The molecule has 0 aromatic heterocycles. The van der Waals surface area contributed by atoms with E-state index in [1.807, 2.05) is 12.1 Å². The maximum atomic E-state index is 6.20. The molecule has 1 unspecified atom stereocenters. The summed E-state index contributed by atoms with van der Waals surface area (Å²) in [6.07, 6.45) is 0. The third-order valence-electron chi connectivity index (χ3n) is 3.86. The van der Waals surface area contributed by atoms with E-state index in [0.717, 1.165) is 29.0 Å². The van der Waals surface area contributed by atoms with Gasteiger partial charge in [0.25, 0.3) is 0 Å². The van der Waals surface area contributed by atoms with Gasteiger partial charge in [0.05, 0.1) is 6.54 Å². The molecule has 0 radical (unpaired) electrons. The smallest absolute Gasteiger partial charge is 0.156 e. The maximum Gasteiger partial charge on any atom is 0.156 e. The Bertz CT molecular complexity index is 684. The molecule has 0 bridgehead atoms. The van der Waals surface area contributed by atoms with E-state index in [9.17, 15) is 0 Å². The van der Waals surface area contributed by atoms with Crippen molar-refractivity contribution in [2.75, 3.05) is 18.8 Å². The summed E-state index contributed by atoms with van der Waals surface area (Å²) in [5.74, 6) is 1.35. The summed E-state index contributed by atoms with van der Waals surface area (Å²) < 4.78 is 0. The van der Waals surface area contributed by atoms with Gasteiger partial charge in [0.1, 0.15) is 0 Å². The van der Waals surface area contributed by atoms with Crippen molar-refractivity contribution < 1.29 is 0 Å². The zero-order valence-corrected chi connectivity index (χ0v) is 14.1. The Kier molecular flexibility index (Phi) is 5.06. The molecule has 22 heavy (non-hydrogen) atoms. The van der Waals surface area contributed by atoms with E-state index in [1.54, 1.807) is 11.8 Å². The van der Waals surface area contributed by atoms with Crippen LogP contribution in [0.4, 0.5) is 0 Å². The first-order valence-electron chi connectivity index (χ1n) is 7.46. The molecule has 0 fully saturated rings. The van der Waals surface area contributed by atoms with Crippen molar-refractivity contribution in [3.63, 3.8) is 0 Å². The minimum absolute atomic E-state index is 0.267. The number of halogens is 1. The van der Waals surface area contributed by atoms with E-state index in [1.165, 1.54) is 16.7 Å². The fourth-order valence-corrected chi connectivity index (χ4v) is 3.68. The summed E-state index contributed by atoms with van der Waals surface area (Å²) >= 11 is 7.99. The van der Waals surface area contributed by atoms with E-state index in [0.29, 0.717) is 0 Å². The number of hydrogen-bond acceptors (Lipinski definition) is 3. The lowest BCUT2D eigenvalue weighted by atomic mass is 9.88. The minimum Gasteiger partial charge on any atom is -0.364 e. The zero-order chi connectivity index (χ0) is 15.4. The summed E-state index contributed by atoms with van der Waals surface area (Å²) in [6, 6.07) is 16.7. The highest BCUT2D eigenvalue weighted by molar-refractivity contribution is 8.14. The van der Waals surface area contributed by atoms with Crippen LogP contribution in [0.2, 0.25) is 5.02 Å². The zero-order valence-electron chi connectivity index (χ0n) is 12.6. The number of aryl methyl sites for hydroxylation is 1. The third kappa shape index (κ3) is 3.65. The quantitative estimate of drug-likeness (QED) is 0.894. The third-order valence-corrected chi connectivity index (χ3v) is 5.03. The average Bonchev–Trinajstić information content (AvgIpc) is 3.03. The van der Waals surface area contributed by atoms with Gasteiger partial charge in [-0.2, -0.15) is 0 Å². The second kappa shape index (κ2) is 7.21. The number of rotatable bonds is 4. The summed E-state index contributed by atoms with van der Waals surface area (Å²) in [5.41, 5.74) is 3.87. The molecular formula is C18H19ClN2S. The summed E-state index contributed by atoms with van der Waals surface area (Å²) in [5, 5.41) is 5.33. The molecule has 2 nitrogen and oxygen atoms in total. The van der Waals surface area contributed by atoms with Crippen molar-refractivity contribution in [1.82, 2.24) is 5.32 Å². The molecule has 3 rings (SSSR count). The average molecular weight is 331 g/mol. The van der Waals surface area contributed by atoms with Gasteiger partial charge in [0.2, 0.25) is 0 Å². The van der Waals surface area contributed by atoms with Crippen LogP contribution in [0.3, 0.4) is 0 Å². The van der Waals surface area contributed by atoms with Crippen molar-refractivity contribution in [1.29, 1.82) is 0 Å². The number of nitrogens with one attached hydrogen (secondary N) is 1. The Labute approximate surface area is 141 Å². The molecule has 0 aliphatic carbocycles. The topological polar surface area (TPSA) is 24.4 Å². The lowest BCUT2D eigenvalue weighted by Crippen LogP contribution is -2.26. The number of amidine groups is 1. The maximum absolute atomic E-state index is 6.20. The molecule has 1 aliphatic heterocycles. The summed E-state index contributed by atoms with van der Waals surface area (Å²) in [4.78, 5) is 4.48. The molecule has 0 saturated heterocycles. The van der Waals surface area contributed by atoms with Gasteiger partial charge in [-0.3, -0.25) is 4.99 Å². The predicted molar refractivity (Wildman–Crippen MR) is 97.2 cm³/mol. The predicted octanol–water partition coefficient (Wildman–Crippen LogP) is 4.47. The van der Waals surface area contributed by atoms with E-state index >= 15 is 0 Å². The Morgan fingerprint density at radius 3 is 2.82 bits per heavy atom. The Hall–Kier alpha value is -1.45. The van der Waals surface area contributed by atoms with Gasteiger partial charge in [-0.15, -0.1) is 0 Å². The van der Waals surface area contributed by atoms with Crippen molar-refractivity contribution in [3.05, 3.63) is 70.2 Å². The first-order chi connectivity index (χ1) is 10.7. The SMILES string of the molecule is Cc1ccccc1C(CNC1=NCCS1)c1cccc(Cl)c1. The first-order valence-corrected chi connectivity index (χ1v) is 8.82. The van der Waals surface area contributed by atoms with Crippen LogP contribution in [0.5, 0.6) is 0 Å². The number of benzene rings is 2. The molecule has 114 valence electrons. The fourth-order valence-electron chi connectivity index (χ4n) is 2.74. The standard InChI is InChI=1S/C18H19ClN2S/c1-13-5-2-3-8-16(13)17(12-21-18-20-9-10-22-18)14-6-4-7-15(19)11-14/h2-8,11,17H,9-10,12H2,1H3,(H,20,21). The minimum atomic E-state index is 0.267. The van der Waals surface area contributed by atoms with Crippen LogP contribution in [0, 0.1) is 6.92 Å². The van der Waals surface area contributed by atoms with Crippen LogP contribution in [-0.4, -0.2) is 24.0 Å². The second-order valence-corrected chi connectivity index (χ2v) is 6.90. The van der Waals surface area contributed by atoms with Crippen LogP contribution < -0.4 is 5.32 Å². The monoisotopic (exact) mass is 330 g/mol. The number of thioether (sulfide) groups is 1. The lowest BCUT2D eigenvalue weighted by molar-refractivity contribution is 0.756. The van der Waals surface area contributed by atoms with Crippen LogP contribution in [0.1, 0.15) is 22.6 Å². The molecule has 2 aromatic carbocycles. The Morgan fingerprint density at radius 2 is 2.09 bits per heavy atom. The van der Waals surface area contributed by atoms with Crippen molar-refractivity contribution >= 4 is 28.5 Å². The van der Waals surface area contributed by atoms with Gasteiger partial charge in [-0.05, 0) is 35.7 Å². The summed E-state index contributed by atoms with van der Waals surface area (Å²) in [7, 11) is 0. The van der Waals surface area contributed by atoms with E-state index in [-0.39, 0.29) is 5.92 Å². The van der Waals surface area contributed by atoms with Crippen LogP contribution in [-0.2, 0) is 0 Å². The second-order valence-electron chi connectivity index (χ2n) is 5.38. The van der Waals surface area contributed by atoms with Gasteiger partial charge >= 0.3 is 0 Å². The molecule has 0 amide bonds. The van der Waals surface area contributed by atoms with Gasteiger partial charge in [-0.25, -0.2) is 0 Å². The van der Waals surface area contributed by atoms with Gasteiger partial charge in [0, 0.05) is 23.2 Å². The normalized spacial score (nSPS) is 15.5. The number of nitrogens with zero attached hydrogens (tertiary/aromatic N) is 1. The number of aliphatic imine (C=N–C) groups is 1. The molecule has 1 N–H and O–H groups in total. The number of hydrogen-bond donors (Lipinski definition) is 1. The highest BCUT2D eigenvalue weighted by atomic mass is 35.5. The first kappa shape index (κ1) is 15.4. The molecule has 1 aliphatic rings. The Morgan fingerprint density at radius 1 is 1.23 bits per heavy atom. The van der Waals surface area contributed by atoms with Crippen LogP contribution in [0.15, 0.2) is 53.5 Å². The van der Waals surface area contributed by atoms with E-state index in [2.05, 4.69) is 53.6 Å². The van der Waals surface area contributed by atoms with E-state index in [4.69, 9.17) is 11.6 Å². The van der Waals surface area contributed by atoms with Crippen molar-refractivity contribution in [2.45, 2.75) is 12.8 Å². The lowest BCUT2D eigenvalue weighted by Gasteiger charge is -2.21. The fraction of sp³-hybridized carbons (Fsp3) is 0.278. The molecular weight excluding hydrogens is 312 g/mol. The van der Waals surface area contributed by atoms with Crippen molar-refractivity contribution in [3.8, 4) is 0 Å². The molecule has 0 saturated carbocycles. The molecule has 1 atom stereocenters.